The number of aryl methyl sites for hydroxylation is 2. The molecule has 0 aliphatic carbocycles. The van der Waals surface area contributed by atoms with Gasteiger partial charge in [0.05, 0.1) is 10.9 Å². The average molecular weight is 406 g/mol. The summed E-state index contributed by atoms with van der Waals surface area (Å²) in [7, 11) is 0. The molecule has 0 spiro atoms. The smallest absolute Gasteiger partial charge is 0.328 e. The van der Waals surface area contributed by atoms with E-state index in [1.807, 2.05) is 12.1 Å². The van der Waals surface area contributed by atoms with Crippen molar-refractivity contribution in [1.29, 1.82) is 0 Å². The van der Waals surface area contributed by atoms with E-state index in [9.17, 15) is 19.2 Å². The minimum Gasteiger partial charge on any atom is -0.451 e. The Balaban J connectivity index is 1.43. The lowest BCUT2D eigenvalue weighted by Crippen LogP contribution is -2.42. The van der Waals surface area contributed by atoms with Crippen molar-refractivity contribution in [2.45, 2.75) is 19.9 Å². The number of H-pyrrole nitrogens is 1. The SMILES string of the molecule is Cc1c(C(=O)NNC(=O)CCn2c(=O)[nH]c(=O)c3ccccc32)oc2ccccc12. The van der Waals surface area contributed by atoms with Gasteiger partial charge in [0, 0.05) is 23.9 Å². The molecule has 0 bridgehead atoms. The van der Waals surface area contributed by atoms with Crippen molar-refractivity contribution in [3.63, 3.8) is 0 Å². The van der Waals surface area contributed by atoms with Crippen LogP contribution in [-0.4, -0.2) is 21.4 Å². The van der Waals surface area contributed by atoms with Gasteiger partial charge in [-0.25, -0.2) is 4.79 Å². The highest BCUT2D eigenvalue weighted by molar-refractivity contribution is 5.99. The van der Waals surface area contributed by atoms with E-state index >= 15 is 0 Å². The highest BCUT2D eigenvalue weighted by Crippen LogP contribution is 2.24. The van der Waals surface area contributed by atoms with Crippen molar-refractivity contribution >= 4 is 33.7 Å². The van der Waals surface area contributed by atoms with Crippen molar-refractivity contribution < 1.29 is 14.0 Å². The van der Waals surface area contributed by atoms with Gasteiger partial charge in [-0.05, 0) is 25.1 Å². The van der Waals surface area contributed by atoms with E-state index in [1.54, 1.807) is 43.3 Å². The van der Waals surface area contributed by atoms with E-state index < -0.39 is 23.1 Å². The Labute approximate surface area is 169 Å². The largest absolute Gasteiger partial charge is 0.451 e. The van der Waals surface area contributed by atoms with Crippen LogP contribution in [0.15, 0.2) is 62.5 Å². The van der Waals surface area contributed by atoms with Gasteiger partial charge in [0.25, 0.3) is 5.56 Å². The molecular weight excluding hydrogens is 388 g/mol. The molecule has 4 rings (SSSR count). The Bertz CT molecular complexity index is 1400. The van der Waals surface area contributed by atoms with E-state index in [-0.39, 0.29) is 18.7 Å². The van der Waals surface area contributed by atoms with E-state index in [1.165, 1.54) is 4.57 Å². The van der Waals surface area contributed by atoms with Crippen LogP contribution in [0.1, 0.15) is 22.5 Å². The summed E-state index contributed by atoms with van der Waals surface area (Å²) in [5.41, 5.74) is 5.23. The van der Waals surface area contributed by atoms with Crippen molar-refractivity contribution in [3.8, 4) is 0 Å². The van der Waals surface area contributed by atoms with Gasteiger partial charge in [-0.2, -0.15) is 0 Å². The number of hydrogen-bond donors (Lipinski definition) is 3. The van der Waals surface area contributed by atoms with E-state index in [2.05, 4.69) is 15.8 Å². The number of furan rings is 1. The maximum absolute atomic E-state index is 12.4. The Kier molecular flexibility index (Phi) is 4.93. The molecule has 2 amide bonds. The topological polar surface area (TPSA) is 126 Å². The normalized spacial score (nSPS) is 11.0. The number of rotatable bonds is 4. The fraction of sp³-hybridized carbons (Fsp3) is 0.143. The molecule has 3 N–H and O–H groups in total. The van der Waals surface area contributed by atoms with Gasteiger partial charge >= 0.3 is 11.6 Å². The number of nitrogens with zero attached hydrogens (tertiary/aromatic N) is 1. The molecule has 0 saturated heterocycles. The van der Waals surface area contributed by atoms with Crippen LogP contribution in [-0.2, 0) is 11.3 Å². The van der Waals surface area contributed by atoms with Crippen molar-refractivity contribution in [1.82, 2.24) is 20.4 Å². The molecular formula is C21H18N4O5. The molecule has 2 aromatic heterocycles. The number of carbonyl (C=O) groups excluding carboxylic acids is 2. The third kappa shape index (κ3) is 3.48. The minimum absolute atomic E-state index is 0.0293. The molecule has 0 unspecified atom stereocenters. The molecule has 152 valence electrons. The molecule has 2 aromatic carbocycles. The summed E-state index contributed by atoms with van der Waals surface area (Å²) in [5.74, 6) is -0.970. The van der Waals surface area contributed by atoms with Crippen molar-refractivity contribution in [2.24, 2.45) is 0 Å². The molecule has 0 fully saturated rings. The number of aromatic amines is 1. The number of hydrazine groups is 1. The molecule has 0 saturated carbocycles. The van der Waals surface area contributed by atoms with E-state index in [0.29, 0.717) is 22.0 Å². The fourth-order valence-electron chi connectivity index (χ4n) is 3.31. The summed E-state index contributed by atoms with van der Waals surface area (Å²) in [6.07, 6.45) is -0.0880. The molecule has 30 heavy (non-hydrogen) atoms. The first-order chi connectivity index (χ1) is 14.5. The number of nitrogens with one attached hydrogen (secondary N) is 3. The third-order valence-corrected chi connectivity index (χ3v) is 4.83. The zero-order valence-electron chi connectivity index (χ0n) is 16.0. The molecule has 2 heterocycles. The highest BCUT2D eigenvalue weighted by atomic mass is 16.3. The predicted molar refractivity (Wildman–Crippen MR) is 110 cm³/mol. The number of hydrogen-bond acceptors (Lipinski definition) is 5. The molecule has 4 aromatic rings. The average Bonchev–Trinajstić information content (AvgIpc) is 3.09. The van der Waals surface area contributed by atoms with Gasteiger partial charge in [0.1, 0.15) is 5.58 Å². The van der Waals surface area contributed by atoms with Gasteiger partial charge in [-0.1, -0.05) is 30.3 Å². The van der Waals surface area contributed by atoms with E-state index in [0.717, 1.165) is 5.39 Å². The van der Waals surface area contributed by atoms with E-state index in [4.69, 9.17) is 4.42 Å². The van der Waals surface area contributed by atoms with Gasteiger partial charge in [-0.3, -0.25) is 34.8 Å². The number of para-hydroxylation sites is 2. The maximum Gasteiger partial charge on any atom is 0.328 e. The maximum atomic E-state index is 12.4. The lowest BCUT2D eigenvalue weighted by molar-refractivity contribution is -0.122. The number of fused-ring (bicyclic) bond motifs is 2. The first kappa shape index (κ1) is 19.2. The Hall–Kier alpha value is -4.14. The standard InChI is InChI=1S/C21H18N4O5/c1-12-13-6-3-5-9-16(13)30-18(12)20(28)24-23-17(26)10-11-25-15-8-4-2-7-14(15)19(27)22-21(25)29/h2-9H,10-11H2,1H3,(H,23,26)(H,24,28)(H,22,27,29). The van der Waals surface area contributed by atoms with Crippen LogP contribution in [0.2, 0.25) is 0 Å². The van der Waals surface area contributed by atoms with Crippen LogP contribution in [0.25, 0.3) is 21.9 Å². The zero-order chi connectivity index (χ0) is 21.3. The van der Waals surface area contributed by atoms with Gasteiger partial charge < -0.3 is 4.42 Å². The number of carbonyl (C=O) groups is 2. The lowest BCUT2D eigenvalue weighted by Gasteiger charge is -2.10. The Morgan fingerprint density at radius 3 is 2.47 bits per heavy atom. The Morgan fingerprint density at radius 2 is 1.70 bits per heavy atom. The lowest BCUT2D eigenvalue weighted by atomic mass is 10.1. The van der Waals surface area contributed by atoms with Crippen molar-refractivity contribution in [3.05, 3.63) is 80.7 Å². The number of benzene rings is 2. The molecule has 0 aliphatic heterocycles. The van der Waals surface area contributed by atoms with Crippen LogP contribution < -0.4 is 22.1 Å². The summed E-state index contributed by atoms with van der Waals surface area (Å²) in [4.78, 5) is 50.8. The molecule has 0 radical (unpaired) electrons. The molecule has 0 aliphatic rings. The fourth-order valence-corrected chi connectivity index (χ4v) is 3.31. The van der Waals surface area contributed by atoms with Crippen molar-refractivity contribution in [2.75, 3.05) is 0 Å². The third-order valence-electron chi connectivity index (χ3n) is 4.83. The number of amides is 2. The molecule has 9 nitrogen and oxygen atoms in total. The molecule has 0 atom stereocenters. The van der Waals surface area contributed by atoms with Crippen LogP contribution in [0, 0.1) is 6.92 Å². The predicted octanol–water partition coefficient (Wildman–Crippen LogP) is 1.60. The first-order valence-electron chi connectivity index (χ1n) is 9.25. The second kappa shape index (κ2) is 7.70. The van der Waals surface area contributed by atoms with Crippen LogP contribution in [0.4, 0.5) is 0 Å². The first-order valence-corrected chi connectivity index (χ1v) is 9.25. The minimum atomic E-state index is -0.603. The summed E-state index contributed by atoms with van der Waals surface area (Å²) >= 11 is 0. The highest BCUT2D eigenvalue weighted by Gasteiger charge is 2.18. The van der Waals surface area contributed by atoms with Gasteiger partial charge in [-0.15, -0.1) is 0 Å². The summed E-state index contributed by atoms with van der Waals surface area (Å²) in [6.45, 7) is 1.79. The Morgan fingerprint density at radius 1 is 1.00 bits per heavy atom. The number of aromatic nitrogens is 2. The zero-order valence-corrected chi connectivity index (χ0v) is 16.0. The summed E-state index contributed by atoms with van der Waals surface area (Å²) in [6, 6.07) is 13.9. The quantitative estimate of drug-likeness (QED) is 0.444. The second-order valence-electron chi connectivity index (χ2n) is 6.73. The molecule has 9 heteroatoms. The van der Waals surface area contributed by atoms with Crippen LogP contribution >= 0.6 is 0 Å². The summed E-state index contributed by atoms with van der Waals surface area (Å²) in [5, 5.41) is 1.17. The second-order valence-corrected chi connectivity index (χ2v) is 6.73. The van der Waals surface area contributed by atoms with Crippen LogP contribution in [0.3, 0.4) is 0 Å². The monoisotopic (exact) mass is 406 g/mol. The summed E-state index contributed by atoms with van der Waals surface area (Å²) < 4.78 is 6.86. The van der Waals surface area contributed by atoms with Gasteiger partial charge in [0.15, 0.2) is 5.76 Å². The van der Waals surface area contributed by atoms with Gasteiger partial charge in [0.2, 0.25) is 5.91 Å². The van der Waals surface area contributed by atoms with Crippen LogP contribution in [0.5, 0.6) is 0 Å².